The lowest BCUT2D eigenvalue weighted by Gasteiger charge is -2.09. The minimum absolute atomic E-state index is 0.234. The van der Waals surface area contributed by atoms with Gasteiger partial charge in [0.1, 0.15) is 0 Å². The van der Waals surface area contributed by atoms with Crippen LogP contribution >= 0.6 is 0 Å². The van der Waals surface area contributed by atoms with Gasteiger partial charge in [-0.2, -0.15) is 0 Å². The van der Waals surface area contributed by atoms with Crippen LogP contribution in [-0.2, 0) is 11.2 Å². The van der Waals surface area contributed by atoms with Crippen LogP contribution in [0, 0.1) is 5.92 Å². The van der Waals surface area contributed by atoms with Crippen LogP contribution < -0.4 is 5.73 Å². The van der Waals surface area contributed by atoms with Crippen LogP contribution in [0.1, 0.15) is 42.6 Å². The summed E-state index contributed by atoms with van der Waals surface area (Å²) in [6, 6.07) is 7.50. The van der Waals surface area contributed by atoms with Gasteiger partial charge >= 0.3 is 5.97 Å². The summed E-state index contributed by atoms with van der Waals surface area (Å²) in [5.74, 6) is 0.413. The lowest BCUT2D eigenvalue weighted by Crippen LogP contribution is -2.12. The first-order valence-corrected chi connectivity index (χ1v) is 6.60. The lowest BCUT2D eigenvalue weighted by molar-refractivity contribution is 0.0493. The molecule has 18 heavy (non-hydrogen) atoms. The van der Waals surface area contributed by atoms with E-state index < -0.39 is 0 Å². The van der Waals surface area contributed by atoms with E-state index in [1.807, 2.05) is 18.2 Å². The molecule has 0 saturated heterocycles. The van der Waals surface area contributed by atoms with Crippen molar-refractivity contribution < 1.29 is 9.53 Å². The zero-order valence-corrected chi connectivity index (χ0v) is 11.3. The van der Waals surface area contributed by atoms with E-state index in [4.69, 9.17) is 10.5 Å². The average Bonchev–Trinajstić information content (AvgIpc) is 2.35. The van der Waals surface area contributed by atoms with Crippen LogP contribution in [0.25, 0.3) is 0 Å². The fourth-order valence-electron chi connectivity index (χ4n) is 1.83. The summed E-state index contributed by atoms with van der Waals surface area (Å²) in [4.78, 5) is 11.9. The molecule has 0 heterocycles. The molecule has 0 aliphatic carbocycles. The summed E-state index contributed by atoms with van der Waals surface area (Å²) in [6.07, 6.45) is 2.71. The molecule has 1 rings (SSSR count). The number of carbonyl (C=O) groups is 1. The Balaban J connectivity index is 2.50. The standard InChI is InChI=1S/C15H23NO2/c1-12(2)6-5-11-18-15(17)14-8-4-3-7-13(14)9-10-16/h3-4,7-8,12H,5-6,9-11,16H2,1-2H3. The second-order valence-corrected chi connectivity index (χ2v) is 4.87. The Morgan fingerprint density at radius 1 is 1.33 bits per heavy atom. The molecule has 0 atom stereocenters. The molecule has 0 spiro atoms. The van der Waals surface area contributed by atoms with E-state index in [2.05, 4.69) is 13.8 Å². The molecule has 0 bridgehead atoms. The normalized spacial score (nSPS) is 10.7. The molecule has 1 aromatic rings. The van der Waals surface area contributed by atoms with Crippen LogP contribution in [0.4, 0.5) is 0 Å². The van der Waals surface area contributed by atoms with Gasteiger partial charge in [0.25, 0.3) is 0 Å². The highest BCUT2D eigenvalue weighted by molar-refractivity contribution is 5.91. The van der Waals surface area contributed by atoms with Crippen LogP contribution in [-0.4, -0.2) is 19.1 Å². The van der Waals surface area contributed by atoms with Gasteiger partial charge in [0.2, 0.25) is 0 Å². The number of hydrogen-bond acceptors (Lipinski definition) is 3. The number of rotatable bonds is 7. The number of benzene rings is 1. The highest BCUT2D eigenvalue weighted by atomic mass is 16.5. The van der Waals surface area contributed by atoms with Crippen molar-refractivity contribution in [2.45, 2.75) is 33.1 Å². The van der Waals surface area contributed by atoms with Crippen molar-refractivity contribution in [3.05, 3.63) is 35.4 Å². The van der Waals surface area contributed by atoms with Gasteiger partial charge in [0.05, 0.1) is 12.2 Å². The summed E-state index contributed by atoms with van der Waals surface area (Å²) in [5, 5.41) is 0. The molecule has 1 aromatic carbocycles. The predicted octanol–water partition coefficient (Wildman–Crippen LogP) is 2.78. The quantitative estimate of drug-likeness (QED) is 0.597. The van der Waals surface area contributed by atoms with Crippen molar-refractivity contribution in [1.29, 1.82) is 0 Å². The molecule has 0 fully saturated rings. The van der Waals surface area contributed by atoms with E-state index >= 15 is 0 Å². The first-order valence-electron chi connectivity index (χ1n) is 6.60. The number of esters is 1. The van der Waals surface area contributed by atoms with Crippen molar-refractivity contribution in [3.63, 3.8) is 0 Å². The minimum atomic E-state index is -0.234. The predicted molar refractivity (Wildman–Crippen MR) is 73.6 cm³/mol. The van der Waals surface area contributed by atoms with Crippen LogP contribution in [0.3, 0.4) is 0 Å². The fraction of sp³-hybridized carbons (Fsp3) is 0.533. The third-order valence-electron chi connectivity index (χ3n) is 2.81. The van der Waals surface area contributed by atoms with E-state index in [1.54, 1.807) is 6.07 Å². The first-order chi connectivity index (χ1) is 8.65. The van der Waals surface area contributed by atoms with E-state index in [1.165, 1.54) is 0 Å². The summed E-state index contributed by atoms with van der Waals surface area (Å²) in [7, 11) is 0. The van der Waals surface area contributed by atoms with E-state index in [9.17, 15) is 4.79 Å². The van der Waals surface area contributed by atoms with Gasteiger partial charge in [0, 0.05) is 0 Å². The number of hydrogen-bond donors (Lipinski definition) is 1. The second kappa shape index (κ2) is 7.88. The monoisotopic (exact) mass is 249 g/mol. The van der Waals surface area contributed by atoms with Crippen molar-refractivity contribution >= 4 is 5.97 Å². The number of carbonyl (C=O) groups excluding carboxylic acids is 1. The van der Waals surface area contributed by atoms with Crippen LogP contribution in [0.5, 0.6) is 0 Å². The molecular weight excluding hydrogens is 226 g/mol. The van der Waals surface area contributed by atoms with E-state index in [0.29, 0.717) is 31.1 Å². The first kappa shape index (κ1) is 14.7. The third kappa shape index (κ3) is 4.88. The molecule has 2 N–H and O–H groups in total. The van der Waals surface area contributed by atoms with Gasteiger partial charge in [-0.1, -0.05) is 32.0 Å². The maximum Gasteiger partial charge on any atom is 0.338 e. The van der Waals surface area contributed by atoms with Gasteiger partial charge < -0.3 is 10.5 Å². The Hall–Kier alpha value is -1.35. The Morgan fingerprint density at radius 3 is 2.72 bits per heavy atom. The van der Waals surface area contributed by atoms with E-state index in [0.717, 1.165) is 18.4 Å². The summed E-state index contributed by atoms with van der Waals surface area (Å²) in [6.45, 7) is 5.36. The van der Waals surface area contributed by atoms with Crippen molar-refractivity contribution in [2.24, 2.45) is 11.7 Å². The average molecular weight is 249 g/mol. The topological polar surface area (TPSA) is 52.3 Å². The van der Waals surface area contributed by atoms with Crippen molar-refractivity contribution in [3.8, 4) is 0 Å². The molecule has 0 radical (unpaired) electrons. The summed E-state index contributed by atoms with van der Waals surface area (Å²) >= 11 is 0. The molecule has 0 aliphatic heterocycles. The van der Waals surface area contributed by atoms with Crippen molar-refractivity contribution in [2.75, 3.05) is 13.2 Å². The SMILES string of the molecule is CC(C)CCCOC(=O)c1ccccc1CCN. The molecule has 0 unspecified atom stereocenters. The molecule has 0 amide bonds. The molecule has 3 heteroatoms. The Morgan fingerprint density at radius 2 is 2.06 bits per heavy atom. The smallest absolute Gasteiger partial charge is 0.338 e. The molecule has 100 valence electrons. The summed E-state index contributed by atoms with van der Waals surface area (Å²) < 4.78 is 5.29. The molecule has 3 nitrogen and oxygen atoms in total. The van der Waals surface area contributed by atoms with Crippen LogP contribution in [0.2, 0.25) is 0 Å². The minimum Gasteiger partial charge on any atom is -0.462 e. The Bertz CT molecular complexity index is 375. The second-order valence-electron chi connectivity index (χ2n) is 4.87. The number of nitrogens with two attached hydrogens (primary N) is 1. The number of ether oxygens (including phenoxy) is 1. The van der Waals surface area contributed by atoms with Crippen LogP contribution in [0.15, 0.2) is 24.3 Å². The Kier molecular flexibility index (Phi) is 6.44. The van der Waals surface area contributed by atoms with Gasteiger partial charge in [0.15, 0.2) is 0 Å². The highest BCUT2D eigenvalue weighted by Crippen LogP contribution is 2.11. The van der Waals surface area contributed by atoms with Crippen molar-refractivity contribution in [1.82, 2.24) is 0 Å². The van der Waals surface area contributed by atoms with E-state index in [-0.39, 0.29) is 5.97 Å². The maximum atomic E-state index is 11.9. The molecule has 0 saturated carbocycles. The molecule has 0 aliphatic rings. The zero-order valence-electron chi connectivity index (χ0n) is 11.3. The van der Waals surface area contributed by atoms with Gasteiger partial charge in [-0.05, 0) is 43.4 Å². The van der Waals surface area contributed by atoms with Gasteiger partial charge in [-0.15, -0.1) is 0 Å². The van der Waals surface area contributed by atoms with Gasteiger partial charge in [-0.3, -0.25) is 0 Å². The maximum absolute atomic E-state index is 11.9. The van der Waals surface area contributed by atoms with Gasteiger partial charge in [-0.25, -0.2) is 4.79 Å². The largest absolute Gasteiger partial charge is 0.462 e. The molecular formula is C15H23NO2. The lowest BCUT2D eigenvalue weighted by atomic mass is 10.0. The Labute approximate surface area is 109 Å². The fourth-order valence-corrected chi connectivity index (χ4v) is 1.83. The third-order valence-corrected chi connectivity index (χ3v) is 2.81. The molecule has 0 aromatic heterocycles. The highest BCUT2D eigenvalue weighted by Gasteiger charge is 2.11. The zero-order chi connectivity index (χ0) is 13.4. The summed E-state index contributed by atoms with van der Waals surface area (Å²) in [5.41, 5.74) is 7.14.